The molecule has 0 fully saturated rings. The molecule has 0 amide bonds. The van der Waals surface area contributed by atoms with Crippen LogP contribution in [0, 0.1) is 6.57 Å². The molecule has 0 aliphatic rings. The highest BCUT2D eigenvalue weighted by molar-refractivity contribution is 5.95. The van der Waals surface area contributed by atoms with Crippen LogP contribution < -0.4 is 0 Å². The van der Waals surface area contributed by atoms with Crippen LogP contribution in [-0.2, 0) is 0 Å². The minimum absolute atomic E-state index is 0.616. The van der Waals surface area contributed by atoms with Crippen LogP contribution in [0.3, 0.4) is 0 Å². The largest absolute Gasteiger partial charge is 0.238 e. The maximum Gasteiger partial charge on any atom is 0.187 e. The fourth-order valence-corrected chi connectivity index (χ4v) is 6.98. The summed E-state index contributed by atoms with van der Waals surface area (Å²) in [6.07, 6.45) is 0. The first kappa shape index (κ1) is 32.4. The van der Waals surface area contributed by atoms with Crippen molar-refractivity contribution in [3.63, 3.8) is 0 Å². The molecule has 0 aliphatic heterocycles. The van der Waals surface area contributed by atoms with Gasteiger partial charge in [-0.1, -0.05) is 176 Å². The van der Waals surface area contributed by atoms with E-state index in [1.165, 1.54) is 5.39 Å². The molecule has 0 aliphatic carbocycles. The van der Waals surface area contributed by atoms with Crippen molar-refractivity contribution in [3.05, 3.63) is 206 Å². The summed E-state index contributed by atoms with van der Waals surface area (Å²) in [5.41, 5.74) is 12.3. The fourth-order valence-electron chi connectivity index (χ4n) is 6.98. The Labute approximate surface area is 314 Å². The molecule has 9 rings (SSSR count). The van der Waals surface area contributed by atoms with E-state index in [9.17, 15) is 0 Å². The summed E-state index contributed by atoms with van der Waals surface area (Å²) in [4.78, 5) is 18.6. The first-order chi connectivity index (χ1) is 26.7. The third-order valence-corrected chi connectivity index (χ3v) is 9.76. The maximum absolute atomic E-state index is 7.48. The van der Waals surface area contributed by atoms with Gasteiger partial charge in [-0.05, 0) is 73.5 Å². The van der Waals surface area contributed by atoms with E-state index in [4.69, 9.17) is 21.5 Å². The molecule has 0 radical (unpaired) electrons. The minimum atomic E-state index is 0.616. The molecular formula is C50H32N4. The Balaban J connectivity index is 1.19. The van der Waals surface area contributed by atoms with Crippen molar-refractivity contribution in [1.29, 1.82) is 0 Å². The molecule has 1 aromatic heterocycles. The van der Waals surface area contributed by atoms with Gasteiger partial charge in [0.05, 0.1) is 6.57 Å². The molecule has 0 N–H and O–H groups in total. The Bertz CT molecular complexity index is 2790. The molecule has 1 heterocycles. The molecule has 0 saturated carbocycles. The molecule has 0 atom stereocenters. The number of nitrogens with zero attached hydrogens (tertiary/aromatic N) is 4. The average Bonchev–Trinajstić information content (AvgIpc) is 3.26. The van der Waals surface area contributed by atoms with E-state index in [1.54, 1.807) is 0 Å². The van der Waals surface area contributed by atoms with Crippen molar-refractivity contribution in [2.24, 2.45) is 0 Å². The van der Waals surface area contributed by atoms with Crippen molar-refractivity contribution in [2.45, 2.75) is 0 Å². The smallest absolute Gasteiger partial charge is 0.187 e. The highest BCUT2D eigenvalue weighted by Crippen LogP contribution is 2.43. The van der Waals surface area contributed by atoms with Gasteiger partial charge in [0, 0.05) is 16.7 Å². The Morgan fingerprint density at radius 1 is 0.296 bits per heavy atom. The van der Waals surface area contributed by atoms with Crippen LogP contribution in [0.15, 0.2) is 194 Å². The molecule has 0 saturated heterocycles. The summed E-state index contributed by atoms with van der Waals surface area (Å²) in [6.45, 7) is 7.48. The van der Waals surface area contributed by atoms with Gasteiger partial charge < -0.3 is 0 Å². The molecule has 54 heavy (non-hydrogen) atoms. The number of hydrogen-bond donors (Lipinski definition) is 0. The molecule has 9 aromatic rings. The summed E-state index contributed by atoms with van der Waals surface area (Å²) in [6, 6.07) is 66.8. The van der Waals surface area contributed by atoms with Crippen molar-refractivity contribution in [1.82, 2.24) is 15.0 Å². The first-order valence-corrected chi connectivity index (χ1v) is 17.9. The molecule has 0 bridgehead atoms. The van der Waals surface area contributed by atoms with Crippen LogP contribution >= 0.6 is 0 Å². The van der Waals surface area contributed by atoms with Crippen molar-refractivity contribution >= 4 is 16.5 Å². The minimum Gasteiger partial charge on any atom is -0.238 e. The van der Waals surface area contributed by atoms with E-state index in [1.807, 2.05) is 66.7 Å². The zero-order valence-corrected chi connectivity index (χ0v) is 29.3. The summed E-state index contributed by atoms with van der Waals surface area (Å²) >= 11 is 0. The van der Waals surface area contributed by atoms with Crippen LogP contribution in [0.2, 0.25) is 0 Å². The number of aromatic nitrogens is 3. The van der Waals surface area contributed by atoms with Crippen LogP contribution in [-0.4, -0.2) is 15.0 Å². The third kappa shape index (κ3) is 6.43. The van der Waals surface area contributed by atoms with E-state index < -0.39 is 0 Å². The first-order valence-electron chi connectivity index (χ1n) is 17.9. The highest BCUT2D eigenvalue weighted by atomic mass is 15.0. The van der Waals surface area contributed by atoms with Gasteiger partial charge in [-0.2, -0.15) is 0 Å². The lowest BCUT2D eigenvalue weighted by atomic mass is 9.85. The van der Waals surface area contributed by atoms with Gasteiger partial charge in [0.2, 0.25) is 0 Å². The highest BCUT2D eigenvalue weighted by Gasteiger charge is 2.18. The van der Waals surface area contributed by atoms with E-state index >= 15 is 0 Å². The zero-order valence-electron chi connectivity index (χ0n) is 29.3. The summed E-state index contributed by atoms with van der Waals surface area (Å²) in [5, 5.41) is 2.31. The van der Waals surface area contributed by atoms with Crippen molar-refractivity contribution in [2.75, 3.05) is 0 Å². The maximum atomic E-state index is 7.48. The molecular weight excluding hydrogens is 657 g/mol. The van der Waals surface area contributed by atoms with Crippen molar-refractivity contribution < 1.29 is 0 Å². The molecule has 4 heteroatoms. The number of rotatable bonds is 7. The predicted molar refractivity (Wildman–Crippen MR) is 222 cm³/mol. The lowest BCUT2D eigenvalue weighted by molar-refractivity contribution is 1.07. The molecule has 0 unspecified atom stereocenters. The Morgan fingerprint density at radius 2 is 0.648 bits per heavy atom. The van der Waals surface area contributed by atoms with Crippen molar-refractivity contribution in [3.8, 4) is 78.7 Å². The zero-order chi connectivity index (χ0) is 36.3. The van der Waals surface area contributed by atoms with E-state index in [-0.39, 0.29) is 0 Å². The van der Waals surface area contributed by atoms with Gasteiger partial charge in [0.1, 0.15) is 0 Å². The van der Waals surface area contributed by atoms with Gasteiger partial charge in [-0.3, -0.25) is 0 Å². The van der Waals surface area contributed by atoms with Crippen LogP contribution in [0.25, 0.3) is 94.3 Å². The lowest BCUT2D eigenvalue weighted by Gasteiger charge is -2.18. The SMILES string of the molecule is [C-]#[N+]c1ccc(-c2cc(-c3ccccc3)c(-c3ccc(-c4nc(-c5ccccc5)nc(-c5ccc6ccccc6c5)n4)cc3)cc2-c2ccccc2)cc1. The predicted octanol–water partition coefficient (Wildman–Crippen LogP) is 13.2. The molecule has 4 nitrogen and oxygen atoms in total. The second kappa shape index (κ2) is 14.3. The van der Waals surface area contributed by atoms with Gasteiger partial charge in [0.25, 0.3) is 0 Å². The van der Waals surface area contributed by atoms with Gasteiger partial charge in [0.15, 0.2) is 23.2 Å². The van der Waals surface area contributed by atoms with Crippen LogP contribution in [0.4, 0.5) is 5.69 Å². The Morgan fingerprint density at radius 3 is 1.15 bits per heavy atom. The van der Waals surface area contributed by atoms with Crippen LogP contribution in [0.1, 0.15) is 0 Å². The number of fused-ring (bicyclic) bond motifs is 1. The number of hydrogen-bond acceptors (Lipinski definition) is 3. The standard InChI is InChI=1S/C50H32N4/c1-51-43-29-27-38(28-30-43)47-33-44(35-14-5-2-6-15-35)46(32-45(47)36-16-7-3-8-17-36)37-22-24-40(25-23-37)49-52-48(39-18-9-4-10-19-39)53-50(54-49)42-26-21-34-13-11-12-20-41(34)31-42/h2-33H. The molecule has 8 aromatic carbocycles. The van der Waals surface area contributed by atoms with Crippen LogP contribution in [0.5, 0.6) is 0 Å². The lowest BCUT2D eigenvalue weighted by Crippen LogP contribution is -2.00. The van der Waals surface area contributed by atoms with Gasteiger partial charge in [-0.25, -0.2) is 19.8 Å². The Kier molecular flexibility index (Phi) is 8.57. The second-order valence-electron chi connectivity index (χ2n) is 13.1. The summed E-state index contributed by atoms with van der Waals surface area (Å²) < 4.78 is 0. The average molecular weight is 689 g/mol. The third-order valence-electron chi connectivity index (χ3n) is 9.76. The van der Waals surface area contributed by atoms with E-state index in [0.717, 1.165) is 66.6 Å². The monoisotopic (exact) mass is 688 g/mol. The van der Waals surface area contributed by atoms with Gasteiger partial charge in [-0.15, -0.1) is 0 Å². The second-order valence-corrected chi connectivity index (χ2v) is 13.1. The van der Waals surface area contributed by atoms with E-state index in [2.05, 4.69) is 132 Å². The summed E-state index contributed by atoms with van der Waals surface area (Å²) in [7, 11) is 0. The van der Waals surface area contributed by atoms with Gasteiger partial charge >= 0.3 is 0 Å². The summed E-state index contributed by atoms with van der Waals surface area (Å²) in [5.74, 6) is 1.88. The topological polar surface area (TPSA) is 43.0 Å². The number of benzene rings is 8. The quantitative estimate of drug-likeness (QED) is 0.157. The fraction of sp³-hybridized carbons (Fsp3) is 0. The molecule has 252 valence electrons. The normalized spacial score (nSPS) is 10.9. The Hall–Kier alpha value is -7.48. The molecule has 0 spiro atoms. The van der Waals surface area contributed by atoms with E-state index in [0.29, 0.717) is 23.2 Å².